The third-order valence-corrected chi connectivity index (χ3v) is 3.16. The molecule has 0 heterocycles. The summed E-state index contributed by atoms with van der Waals surface area (Å²) >= 11 is 3.43. The van der Waals surface area contributed by atoms with Crippen LogP contribution >= 0.6 is 15.9 Å². The Morgan fingerprint density at radius 2 is 1.56 bits per heavy atom. The maximum atomic E-state index is 13.0. The molecule has 0 aromatic heterocycles. The molecule has 2 rings (SSSR count). The third kappa shape index (κ3) is 3.30. The van der Waals surface area contributed by atoms with Crippen molar-refractivity contribution in [1.82, 2.24) is 0 Å². The predicted octanol–water partition coefficient (Wildman–Crippen LogP) is 5.04. The van der Waals surface area contributed by atoms with Gasteiger partial charge in [-0.3, -0.25) is 0 Å². The van der Waals surface area contributed by atoms with Crippen LogP contribution in [0.1, 0.15) is 17.5 Å². The Kier molecular flexibility index (Phi) is 4.71. The highest BCUT2D eigenvalue weighted by Gasteiger charge is 2.04. The summed E-state index contributed by atoms with van der Waals surface area (Å²) in [6, 6.07) is 16.8. The van der Waals surface area contributed by atoms with E-state index in [1.165, 1.54) is 12.1 Å². The predicted molar refractivity (Wildman–Crippen MR) is 78.3 cm³/mol. The number of benzene rings is 2. The van der Waals surface area contributed by atoms with Gasteiger partial charge in [0.2, 0.25) is 0 Å². The first-order valence-corrected chi connectivity index (χ1v) is 7.01. The van der Waals surface area contributed by atoms with E-state index in [0.29, 0.717) is 0 Å². The first kappa shape index (κ1) is 13.0. The van der Waals surface area contributed by atoms with E-state index in [9.17, 15) is 4.39 Å². The second-order valence-corrected chi connectivity index (χ2v) is 4.76. The molecule has 2 heteroatoms. The Morgan fingerprint density at radius 1 is 0.944 bits per heavy atom. The first-order valence-electron chi connectivity index (χ1n) is 5.89. The van der Waals surface area contributed by atoms with Crippen LogP contribution in [0, 0.1) is 5.82 Å². The van der Waals surface area contributed by atoms with Gasteiger partial charge in [0, 0.05) is 5.33 Å². The molecule has 92 valence electrons. The molecule has 0 saturated heterocycles. The van der Waals surface area contributed by atoms with Crippen molar-refractivity contribution in [2.75, 3.05) is 5.33 Å². The van der Waals surface area contributed by atoms with Gasteiger partial charge in [-0.15, -0.1) is 0 Å². The number of rotatable bonds is 4. The van der Waals surface area contributed by atoms with Crippen molar-refractivity contribution in [2.45, 2.75) is 6.42 Å². The summed E-state index contributed by atoms with van der Waals surface area (Å²) in [6.45, 7) is 0. The molecular formula is C16H14BrF. The van der Waals surface area contributed by atoms with Gasteiger partial charge in [0.15, 0.2) is 0 Å². The lowest BCUT2D eigenvalue weighted by Crippen LogP contribution is -1.89. The largest absolute Gasteiger partial charge is 0.207 e. The van der Waals surface area contributed by atoms with Crippen molar-refractivity contribution < 1.29 is 4.39 Å². The van der Waals surface area contributed by atoms with Gasteiger partial charge in [-0.2, -0.15) is 0 Å². The lowest BCUT2D eigenvalue weighted by molar-refractivity contribution is 0.627. The van der Waals surface area contributed by atoms with E-state index < -0.39 is 0 Å². The Balaban J connectivity index is 2.40. The quantitative estimate of drug-likeness (QED) is 0.694. The zero-order valence-corrected chi connectivity index (χ0v) is 11.5. The average Bonchev–Trinajstić information content (AvgIpc) is 2.42. The van der Waals surface area contributed by atoms with E-state index in [-0.39, 0.29) is 5.82 Å². The fourth-order valence-electron chi connectivity index (χ4n) is 1.85. The standard InChI is InChI=1S/C16H14BrF/c17-12-4-7-16(13-5-2-1-3-6-13)14-8-10-15(18)11-9-14/h1-3,5-11H,4,12H2/b16-7+. The lowest BCUT2D eigenvalue weighted by atomic mass is 9.97. The third-order valence-electron chi connectivity index (χ3n) is 2.70. The normalized spacial score (nSPS) is 11.6. The van der Waals surface area contributed by atoms with Crippen molar-refractivity contribution >= 4 is 21.5 Å². The van der Waals surface area contributed by atoms with Crippen LogP contribution in [-0.2, 0) is 0 Å². The van der Waals surface area contributed by atoms with Crippen molar-refractivity contribution in [2.24, 2.45) is 0 Å². The van der Waals surface area contributed by atoms with Crippen LogP contribution in [0.2, 0.25) is 0 Å². The number of alkyl halides is 1. The zero-order valence-electron chi connectivity index (χ0n) is 9.94. The smallest absolute Gasteiger partial charge is 0.123 e. The van der Waals surface area contributed by atoms with Crippen molar-refractivity contribution in [3.63, 3.8) is 0 Å². The SMILES string of the molecule is Fc1ccc(/C(=C/CCBr)c2ccccc2)cc1. The van der Waals surface area contributed by atoms with Crippen LogP contribution in [0.4, 0.5) is 4.39 Å². The highest BCUT2D eigenvalue weighted by Crippen LogP contribution is 2.24. The molecule has 0 aliphatic carbocycles. The van der Waals surface area contributed by atoms with E-state index in [0.717, 1.165) is 28.5 Å². The van der Waals surface area contributed by atoms with Crippen LogP contribution in [-0.4, -0.2) is 5.33 Å². The topological polar surface area (TPSA) is 0 Å². The van der Waals surface area contributed by atoms with E-state index >= 15 is 0 Å². The minimum atomic E-state index is -0.202. The molecule has 2 aromatic rings. The molecule has 0 fully saturated rings. The lowest BCUT2D eigenvalue weighted by Gasteiger charge is -2.08. The summed E-state index contributed by atoms with van der Waals surface area (Å²) in [6.07, 6.45) is 3.12. The van der Waals surface area contributed by atoms with Crippen LogP contribution < -0.4 is 0 Å². The van der Waals surface area contributed by atoms with Gasteiger partial charge in [0.05, 0.1) is 0 Å². The molecular weight excluding hydrogens is 291 g/mol. The highest BCUT2D eigenvalue weighted by molar-refractivity contribution is 9.09. The number of hydrogen-bond acceptors (Lipinski definition) is 0. The molecule has 0 N–H and O–H groups in total. The fraction of sp³-hybridized carbons (Fsp3) is 0.125. The van der Waals surface area contributed by atoms with Crippen LogP contribution in [0.3, 0.4) is 0 Å². The maximum Gasteiger partial charge on any atom is 0.123 e. The minimum Gasteiger partial charge on any atom is -0.207 e. The van der Waals surface area contributed by atoms with Crippen molar-refractivity contribution in [3.8, 4) is 0 Å². The van der Waals surface area contributed by atoms with Gasteiger partial charge in [0.1, 0.15) is 5.82 Å². The summed E-state index contributed by atoms with van der Waals surface area (Å²) in [7, 11) is 0. The van der Waals surface area contributed by atoms with Crippen LogP contribution in [0.15, 0.2) is 60.7 Å². The second kappa shape index (κ2) is 6.50. The monoisotopic (exact) mass is 304 g/mol. The van der Waals surface area contributed by atoms with E-state index in [1.54, 1.807) is 0 Å². The van der Waals surface area contributed by atoms with E-state index in [2.05, 4.69) is 34.1 Å². The fourth-order valence-corrected chi connectivity index (χ4v) is 2.08. The molecule has 0 aliphatic rings. The molecule has 0 nitrogen and oxygen atoms in total. The zero-order chi connectivity index (χ0) is 12.8. The van der Waals surface area contributed by atoms with Gasteiger partial charge in [0.25, 0.3) is 0 Å². The average molecular weight is 305 g/mol. The van der Waals surface area contributed by atoms with Gasteiger partial charge < -0.3 is 0 Å². The minimum absolute atomic E-state index is 0.202. The molecule has 0 bridgehead atoms. The Hall–Kier alpha value is -1.41. The summed E-state index contributed by atoms with van der Waals surface area (Å²) < 4.78 is 13.0. The highest BCUT2D eigenvalue weighted by atomic mass is 79.9. The Morgan fingerprint density at radius 3 is 2.17 bits per heavy atom. The first-order chi connectivity index (χ1) is 8.81. The summed E-state index contributed by atoms with van der Waals surface area (Å²) in [5, 5.41) is 0.921. The Bertz CT molecular complexity index is 515. The molecule has 0 amide bonds. The Labute approximate surface area is 115 Å². The van der Waals surface area contributed by atoms with Gasteiger partial charge in [-0.25, -0.2) is 4.39 Å². The molecule has 0 atom stereocenters. The molecule has 18 heavy (non-hydrogen) atoms. The van der Waals surface area contributed by atoms with E-state index in [1.807, 2.05) is 30.3 Å². The van der Waals surface area contributed by atoms with E-state index in [4.69, 9.17) is 0 Å². The summed E-state index contributed by atoms with van der Waals surface area (Å²) in [4.78, 5) is 0. The van der Waals surface area contributed by atoms with Crippen LogP contribution in [0.25, 0.3) is 5.57 Å². The van der Waals surface area contributed by atoms with Gasteiger partial charge >= 0.3 is 0 Å². The number of halogens is 2. The molecule has 0 aliphatic heterocycles. The summed E-state index contributed by atoms with van der Waals surface area (Å²) in [5.74, 6) is -0.202. The number of hydrogen-bond donors (Lipinski definition) is 0. The second-order valence-electron chi connectivity index (χ2n) is 3.97. The van der Waals surface area contributed by atoms with Crippen molar-refractivity contribution in [1.29, 1.82) is 0 Å². The van der Waals surface area contributed by atoms with Gasteiger partial charge in [-0.1, -0.05) is 64.5 Å². The molecule has 0 spiro atoms. The molecule has 0 radical (unpaired) electrons. The molecule has 0 saturated carbocycles. The van der Waals surface area contributed by atoms with Crippen LogP contribution in [0.5, 0.6) is 0 Å². The number of allylic oxidation sites excluding steroid dienone is 1. The summed E-state index contributed by atoms with van der Waals surface area (Å²) in [5.41, 5.74) is 3.35. The van der Waals surface area contributed by atoms with Gasteiger partial charge in [-0.05, 0) is 35.3 Å². The molecule has 2 aromatic carbocycles. The maximum absolute atomic E-state index is 13.0. The molecule has 0 unspecified atom stereocenters. The van der Waals surface area contributed by atoms with Crippen molar-refractivity contribution in [3.05, 3.63) is 77.6 Å².